The number of hydrogen-bond acceptors (Lipinski definition) is 4. The predicted octanol–water partition coefficient (Wildman–Crippen LogP) is 3.55. The van der Waals surface area contributed by atoms with Gasteiger partial charge in [0.2, 0.25) is 0 Å². The van der Waals surface area contributed by atoms with Gasteiger partial charge in [0.25, 0.3) is 0 Å². The topological polar surface area (TPSA) is 70.9 Å². The predicted molar refractivity (Wildman–Crippen MR) is 101 cm³/mol. The molecule has 0 amide bonds. The van der Waals surface area contributed by atoms with Crippen molar-refractivity contribution in [1.82, 2.24) is 14.5 Å². The number of aromatic nitrogens is 2. The van der Waals surface area contributed by atoms with E-state index in [1.807, 2.05) is 13.8 Å². The van der Waals surface area contributed by atoms with Crippen molar-refractivity contribution >= 4 is 20.8 Å². The second-order valence-electron chi connectivity index (χ2n) is 5.02. The molecule has 1 aromatic rings. The first kappa shape index (κ1) is 19.2. The quantitative estimate of drug-likeness (QED) is 0.676. The summed E-state index contributed by atoms with van der Waals surface area (Å²) >= 11 is 0. The molecule has 0 saturated carbocycles. The molecule has 1 aliphatic heterocycles. The summed E-state index contributed by atoms with van der Waals surface area (Å²) < 4.78 is 3.96. The van der Waals surface area contributed by atoms with Crippen LogP contribution in [0, 0.1) is 11.3 Å². The van der Waals surface area contributed by atoms with Gasteiger partial charge in [-0.2, -0.15) is 10.4 Å². The molecule has 2 atom stereocenters. The van der Waals surface area contributed by atoms with Crippen LogP contribution in [0.5, 0.6) is 0 Å². The fourth-order valence-corrected chi connectivity index (χ4v) is 3.02. The third-order valence-electron chi connectivity index (χ3n) is 3.62. The van der Waals surface area contributed by atoms with Gasteiger partial charge in [-0.1, -0.05) is 54.6 Å². The number of nitrogens with zero attached hydrogens (tertiary/aromatic N) is 4. The smallest absolute Gasteiger partial charge is 0.140 e. The minimum absolute atomic E-state index is 0.187. The fourth-order valence-electron chi connectivity index (χ4n) is 2.59. The molecule has 1 aliphatic rings. The average Bonchev–Trinajstić information content (AvgIpc) is 2.91. The van der Waals surface area contributed by atoms with Crippen molar-refractivity contribution in [3.05, 3.63) is 42.6 Å². The number of rotatable bonds is 4. The zero-order valence-corrected chi connectivity index (χ0v) is 15.2. The first-order valence-corrected chi connectivity index (χ1v) is 8.37. The molecule has 2 N–H and O–H groups in total. The second-order valence-corrected chi connectivity index (χ2v) is 5.75. The summed E-state index contributed by atoms with van der Waals surface area (Å²) in [6.07, 6.45) is 7.19. The summed E-state index contributed by atoms with van der Waals surface area (Å²) in [5.41, 5.74) is 7.88. The van der Waals surface area contributed by atoms with Gasteiger partial charge >= 0.3 is 0 Å². The number of allylic oxidation sites excluding steroid dienone is 4. The Morgan fingerprint density at radius 1 is 1.48 bits per heavy atom. The first-order valence-electron chi connectivity index (χ1n) is 7.85. The van der Waals surface area contributed by atoms with Gasteiger partial charge in [0.05, 0.1) is 6.04 Å². The fraction of sp³-hybridized carbons (Fsp3) is 0.412. The molecule has 1 aromatic heterocycles. The van der Waals surface area contributed by atoms with Crippen LogP contribution in [0.1, 0.15) is 44.0 Å². The van der Waals surface area contributed by atoms with Crippen molar-refractivity contribution in [1.29, 1.82) is 5.26 Å². The Kier molecular flexibility index (Phi) is 7.74. The lowest BCUT2D eigenvalue weighted by Crippen LogP contribution is -2.31. The third kappa shape index (κ3) is 4.31. The lowest BCUT2D eigenvalue weighted by Gasteiger charge is -2.29. The van der Waals surface area contributed by atoms with E-state index in [0.717, 1.165) is 31.5 Å². The molecule has 5 nitrogen and oxygen atoms in total. The van der Waals surface area contributed by atoms with E-state index in [1.54, 1.807) is 22.9 Å². The van der Waals surface area contributed by atoms with Gasteiger partial charge in [0.15, 0.2) is 0 Å². The average molecular weight is 331 g/mol. The van der Waals surface area contributed by atoms with Crippen LogP contribution in [-0.2, 0) is 0 Å². The number of anilines is 1. The number of nitrogens with two attached hydrogens (primary N) is 1. The molecular weight excluding hydrogens is 305 g/mol. The van der Waals surface area contributed by atoms with Crippen LogP contribution in [0.25, 0.3) is 5.57 Å². The Bertz CT molecular complexity index is 624. The van der Waals surface area contributed by atoms with Gasteiger partial charge in [0.1, 0.15) is 23.1 Å². The van der Waals surface area contributed by atoms with E-state index < -0.39 is 0 Å². The van der Waals surface area contributed by atoms with E-state index in [2.05, 4.69) is 38.4 Å². The summed E-state index contributed by atoms with van der Waals surface area (Å²) in [5, 5.41) is 14.0. The molecule has 0 bridgehead atoms. The Hall–Kier alpha value is -1.89. The van der Waals surface area contributed by atoms with Crippen LogP contribution >= 0.6 is 9.39 Å². The van der Waals surface area contributed by atoms with Gasteiger partial charge in [-0.25, -0.2) is 4.68 Å². The minimum Gasteiger partial charge on any atom is -0.383 e. The van der Waals surface area contributed by atoms with E-state index in [9.17, 15) is 5.26 Å². The lowest BCUT2D eigenvalue weighted by molar-refractivity contribution is 0.271. The van der Waals surface area contributed by atoms with Gasteiger partial charge in [-0.3, -0.25) is 4.67 Å². The number of hydrogen-bond donors (Lipinski definition) is 1. The van der Waals surface area contributed by atoms with Crippen LogP contribution < -0.4 is 5.73 Å². The van der Waals surface area contributed by atoms with Crippen molar-refractivity contribution in [2.75, 3.05) is 18.8 Å². The maximum atomic E-state index is 9.39. The largest absolute Gasteiger partial charge is 0.383 e. The van der Waals surface area contributed by atoms with Crippen LogP contribution in [0.2, 0.25) is 0 Å². The van der Waals surface area contributed by atoms with Crippen molar-refractivity contribution in [3.8, 4) is 6.07 Å². The number of nitrogen functional groups attached to an aromatic ring is 1. The van der Waals surface area contributed by atoms with E-state index in [4.69, 9.17) is 5.73 Å². The van der Waals surface area contributed by atoms with Crippen molar-refractivity contribution < 1.29 is 0 Å². The molecule has 0 aliphatic carbocycles. The third-order valence-corrected chi connectivity index (χ3v) is 4.09. The Morgan fingerprint density at radius 2 is 2.17 bits per heavy atom. The summed E-state index contributed by atoms with van der Waals surface area (Å²) in [6, 6.07) is 2.34. The molecule has 0 radical (unpaired) electrons. The maximum absolute atomic E-state index is 9.39. The molecular formula is C17H26N5P. The molecule has 2 unspecified atom stereocenters. The first-order chi connectivity index (χ1) is 11.1. The molecule has 2 heterocycles. The Morgan fingerprint density at radius 3 is 2.70 bits per heavy atom. The SMILES string of the molecule is C=C/C=C(\C=C)c1nn(C2CCCN(P)C2)c(N)c1C#N.CC. The Labute approximate surface area is 141 Å². The van der Waals surface area contributed by atoms with Crippen molar-refractivity contribution in [2.45, 2.75) is 32.7 Å². The molecule has 124 valence electrons. The van der Waals surface area contributed by atoms with Gasteiger partial charge < -0.3 is 5.73 Å². The summed E-state index contributed by atoms with van der Waals surface area (Å²) in [5.74, 6) is 0.426. The van der Waals surface area contributed by atoms with E-state index >= 15 is 0 Å². The molecule has 0 spiro atoms. The summed E-state index contributed by atoms with van der Waals surface area (Å²) in [4.78, 5) is 0. The van der Waals surface area contributed by atoms with Crippen LogP contribution in [0.4, 0.5) is 5.82 Å². The van der Waals surface area contributed by atoms with Gasteiger partial charge in [0, 0.05) is 18.7 Å². The zero-order chi connectivity index (χ0) is 17.4. The molecule has 23 heavy (non-hydrogen) atoms. The van der Waals surface area contributed by atoms with E-state index in [1.165, 1.54) is 0 Å². The minimum atomic E-state index is 0.187. The molecule has 1 saturated heterocycles. The summed E-state index contributed by atoms with van der Waals surface area (Å²) in [6.45, 7) is 13.4. The summed E-state index contributed by atoms with van der Waals surface area (Å²) in [7, 11) is 2.72. The second kappa shape index (κ2) is 9.29. The standard InChI is InChI=1S/C15H20N5P.C2H6/c1-3-6-11(4-2)14-13(9-16)15(17)20(18-14)12-7-5-8-19(21)10-12;1-2/h3-4,6,12H,1-2,5,7-8,10,17,21H2;1-2H3/b11-6+;. The van der Waals surface area contributed by atoms with Gasteiger partial charge in [-0.05, 0) is 12.8 Å². The normalized spacial score (nSPS) is 18.5. The number of piperidine rings is 1. The van der Waals surface area contributed by atoms with Crippen LogP contribution in [0.15, 0.2) is 31.4 Å². The van der Waals surface area contributed by atoms with Crippen molar-refractivity contribution in [2.24, 2.45) is 0 Å². The molecule has 0 aromatic carbocycles. The molecule has 6 heteroatoms. The monoisotopic (exact) mass is 331 g/mol. The van der Waals surface area contributed by atoms with Gasteiger partial charge in [-0.15, -0.1) is 0 Å². The Balaban J connectivity index is 0.00000127. The van der Waals surface area contributed by atoms with Crippen molar-refractivity contribution in [3.63, 3.8) is 0 Å². The highest BCUT2D eigenvalue weighted by Crippen LogP contribution is 2.30. The molecule has 1 fully saturated rings. The van der Waals surface area contributed by atoms with E-state index in [0.29, 0.717) is 17.1 Å². The van der Waals surface area contributed by atoms with E-state index in [-0.39, 0.29) is 6.04 Å². The van der Waals surface area contributed by atoms with Crippen LogP contribution in [-0.4, -0.2) is 27.5 Å². The molecule has 2 rings (SSSR count). The lowest BCUT2D eigenvalue weighted by atomic mass is 10.1. The van der Waals surface area contributed by atoms with Crippen LogP contribution in [0.3, 0.4) is 0 Å². The zero-order valence-electron chi connectivity index (χ0n) is 14.0. The highest BCUT2D eigenvalue weighted by atomic mass is 31.0. The highest BCUT2D eigenvalue weighted by Gasteiger charge is 2.25. The number of nitriles is 1. The maximum Gasteiger partial charge on any atom is 0.140 e. The highest BCUT2D eigenvalue weighted by molar-refractivity contribution is 7.13.